The van der Waals surface area contributed by atoms with Crippen molar-refractivity contribution in [2.75, 3.05) is 4.90 Å². The molecular formula is C66H45N3. The van der Waals surface area contributed by atoms with Crippen LogP contribution in [0.4, 0.5) is 17.1 Å². The van der Waals surface area contributed by atoms with Crippen LogP contribution in [-0.2, 0) is 0 Å². The van der Waals surface area contributed by atoms with E-state index in [1.165, 1.54) is 88.1 Å². The number of rotatable bonds is 9. The smallest absolute Gasteiger partial charge is 0.0547 e. The maximum atomic E-state index is 2.38. The average Bonchev–Trinajstić information content (AvgIpc) is 3.95. The second kappa shape index (κ2) is 16.9. The highest BCUT2D eigenvalue weighted by molar-refractivity contribution is 6.11. The highest BCUT2D eigenvalue weighted by Gasteiger charge is 2.17. The van der Waals surface area contributed by atoms with Gasteiger partial charge in [-0.15, -0.1) is 0 Å². The molecule has 0 atom stereocenters. The van der Waals surface area contributed by atoms with Crippen LogP contribution in [0.2, 0.25) is 0 Å². The quantitative estimate of drug-likeness (QED) is 0.141. The molecule has 0 saturated carbocycles. The number of hydrogen-bond acceptors (Lipinski definition) is 1. The molecule has 0 unspecified atom stereocenters. The van der Waals surface area contributed by atoms with Gasteiger partial charge >= 0.3 is 0 Å². The molecule has 0 aliphatic rings. The molecule has 13 rings (SSSR count). The molecule has 0 aliphatic carbocycles. The van der Waals surface area contributed by atoms with E-state index in [9.17, 15) is 0 Å². The molecule has 0 radical (unpaired) electrons. The van der Waals surface area contributed by atoms with Crippen LogP contribution in [0.3, 0.4) is 0 Å². The molecule has 0 bridgehead atoms. The van der Waals surface area contributed by atoms with Gasteiger partial charge in [0.2, 0.25) is 0 Å². The van der Waals surface area contributed by atoms with E-state index in [0.29, 0.717) is 0 Å². The predicted molar refractivity (Wildman–Crippen MR) is 292 cm³/mol. The average molecular weight is 880 g/mol. The van der Waals surface area contributed by atoms with Crippen LogP contribution in [0.25, 0.3) is 99.5 Å². The number of anilines is 3. The van der Waals surface area contributed by atoms with E-state index in [1.807, 2.05) is 0 Å². The first kappa shape index (κ1) is 40.1. The minimum atomic E-state index is 1.08. The fraction of sp³-hybridized carbons (Fsp3) is 0. The van der Waals surface area contributed by atoms with Gasteiger partial charge in [0.15, 0.2) is 0 Å². The normalized spacial score (nSPS) is 11.5. The van der Waals surface area contributed by atoms with Crippen molar-refractivity contribution in [1.82, 2.24) is 9.13 Å². The maximum Gasteiger partial charge on any atom is 0.0547 e. The van der Waals surface area contributed by atoms with Crippen LogP contribution in [-0.4, -0.2) is 9.13 Å². The van der Waals surface area contributed by atoms with E-state index in [0.717, 1.165) is 28.4 Å². The molecule has 3 nitrogen and oxygen atoms in total. The number of hydrogen-bond donors (Lipinski definition) is 0. The summed E-state index contributed by atoms with van der Waals surface area (Å²) in [5, 5.41) is 5.04. The SMILES string of the molecule is c1ccc(-c2ccc(-c3ccc(N(c4ccc(-c5ccc(-n6c7ccccc7c7ccccc76)cc5)cc4)c4ccc(-c5ccc6c7ccccc7n(-c7ccccc7)c6c5)cc4)cc3)cc2)cc1. The monoisotopic (exact) mass is 879 g/mol. The molecule has 324 valence electrons. The molecule has 2 heterocycles. The van der Waals surface area contributed by atoms with Gasteiger partial charge in [-0.2, -0.15) is 0 Å². The van der Waals surface area contributed by atoms with Gasteiger partial charge in [0.05, 0.1) is 22.1 Å². The molecule has 0 saturated heterocycles. The Hall–Kier alpha value is -9.18. The van der Waals surface area contributed by atoms with E-state index in [1.54, 1.807) is 0 Å². The van der Waals surface area contributed by atoms with Crippen LogP contribution in [0.15, 0.2) is 273 Å². The van der Waals surface area contributed by atoms with E-state index >= 15 is 0 Å². The van der Waals surface area contributed by atoms with Gasteiger partial charge in [0.25, 0.3) is 0 Å². The highest BCUT2D eigenvalue weighted by atomic mass is 15.1. The molecule has 13 aromatic rings. The van der Waals surface area contributed by atoms with Crippen molar-refractivity contribution in [3.05, 3.63) is 273 Å². The number of aromatic nitrogens is 2. The van der Waals surface area contributed by atoms with Crippen LogP contribution in [0, 0.1) is 0 Å². The van der Waals surface area contributed by atoms with Crippen LogP contribution in [0.1, 0.15) is 0 Å². The molecule has 69 heavy (non-hydrogen) atoms. The molecule has 0 aliphatic heterocycles. The van der Waals surface area contributed by atoms with E-state index in [2.05, 4.69) is 287 Å². The van der Waals surface area contributed by atoms with Gasteiger partial charge in [-0.3, -0.25) is 0 Å². The summed E-state index contributed by atoms with van der Waals surface area (Å²) in [6.07, 6.45) is 0. The predicted octanol–water partition coefficient (Wildman–Crippen LogP) is 18.0. The first-order valence-corrected chi connectivity index (χ1v) is 23.7. The van der Waals surface area contributed by atoms with Crippen molar-refractivity contribution >= 4 is 60.7 Å². The Morgan fingerprint density at radius 1 is 0.203 bits per heavy atom. The first-order valence-electron chi connectivity index (χ1n) is 23.7. The fourth-order valence-electron chi connectivity index (χ4n) is 10.4. The van der Waals surface area contributed by atoms with Crippen molar-refractivity contribution in [3.8, 4) is 55.9 Å². The zero-order valence-electron chi connectivity index (χ0n) is 37.8. The number of benzene rings is 11. The summed E-state index contributed by atoms with van der Waals surface area (Å²) >= 11 is 0. The van der Waals surface area contributed by atoms with Crippen molar-refractivity contribution in [2.45, 2.75) is 0 Å². The largest absolute Gasteiger partial charge is 0.311 e. The number of para-hydroxylation sites is 4. The van der Waals surface area contributed by atoms with Crippen LogP contribution < -0.4 is 4.90 Å². The Labute approximate surface area is 401 Å². The summed E-state index contributed by atoms with van der Waals surface area (Å²) in [5.74, 6) is 0. The van der Waals surface area contributed by atoms with E-state index in [4.69, 9.17) is 0 Å². The summed E-state index contributed by atoms with van der Waals surface area (Å²) < 4.78 is 4.75. The lowest BCUT2D eigenvalue weighted by Gasteiger charge is -2.26. The lowest BCUT2D eigenvalue weighted by atomic mass is 10.00. The van der Waals surface area contributed by atoms with Crippen molar-refractivity contribution in [3.63, 3.8) is 0 Å². The Morgan fingerprint density at radius 2 is 0.493 bits per heavy atom. The molecule has 2 aromatic heterocycles. The summed E-state index contributed by atoms with van der Waals surface area (Å²) in [4.78, 5) is 2.36. The van der Waals surface area contributed by atoms with E-state index < -0.39 is 0 Å². The Morgan fingerprint density at radius 3 is 0.942 bits per heavy atom. The molecule has 0 N–H and O–H groups in total. The van der Waals surface area contributed by atoms with Crippen molar-refractivity contribution < 1.29 is 0 Å². The maximum absolute atomic E-state index is 2.38. The van der Waals surface area contributed by atoms with Crippen molar-refractivity contribution in [2.24, 2.45) is 0 Å². The zero-order valence-corrected chi connectivity index (χ0v) is 37.8. The van der Waals surface area contributed by atoms with Gasteiger partial charge in [-0.1, -0.05) is 188 Å². The highest BCUT2D eigenvalue weighted by Crippen LogP contribution is 2.40. The van der Waals surface area contributed by atoms with Gasteiger partial charge < -0.3 is 14.0 Å². The van der Waals surface area contributed by atoms with Crippen LogP contribution in [0.5, 0.6) is 0 Å². The lowest BCUT2D eigenvalue weighted by Crippen LogP contribution is -2.09. The fourth-order valence-corrected chi connectivity index (χ4v) is 10.4. The summed E-state index contributed by atoms with van der Waals surface area (Å²) in [7, 11) is 0. The second-order valence-corrected chi connectivity index (χ2v) is 17.8. The molecular weight excluding hydrogens is 835 g/mol. The minimum Gasteiger partial charge on any atom is -0.311 e. The van der Waals surface area contributed by atoms with Gasteiger partial charge in [0.1, 0.15) is 0 Å². The number of fused-ring (bicyclic) bond motifs is 6. The van der Waals surface area contributed by atoms with Crippen molar-refractivity contribution in [1.29, 1.82) is 0 Å². The van der Waals surface area contributed by atoms with Gasteiger partial charge in [-0.05, 0) is 129 Å². The Kier molecular flexibility index (Phi) is 9.84. The molecule has 11 aromatic carbocycles. The Bertz CT molecular complexity index is 3890. The lowest BCUT2D eigenvalue weighted by molar-refractivity contribution is 1.18. The van der Waals surface area contributed by atoms with Gasteiger partial charge in [0, 0.05) is 50.0 Å². The molecule has 0 fully saturated rings. The standard InChI is InChI=1S/C66H45N3/c1-3-13-46(14-4-1)47-23-25-48(26-24-47)49-27-36-55(37-28-49)67(56-38-29-50(30-39-56)51-31-42-58(43-32-51)68-63-20-10-7-17-59(63)60-18-8-11-21-64(60)68)57-40-33-52(34-41-57)53-35-44-62-61-19-9-12-22-65(61)69(66(62)45-53)54-15-5-2-6-16-54/h1-45H. The Balaban J connectivity index is 0.848. The summed E-state index contributed by atoms with van der Waals surface area (Å²) in [6.45, 7) is 0. The molecule has 0 amide bonds. The van der Waals surface area contributed by atoms with E-state index in [-0.39, 0.29) is 0 Å². The second-order valence-electron chi connectivity index (χ2n) is 17.8. The molecule has 3 heteroatoms. The minimum absolute atomic E-state index is 1.08. The van der Waals surface area contributed by atoms with Crippen LogP contribution >= 0.6 is 0 Å². The topological polar surface area (TPSA) is 13.1 Å². The number of nitrogens with zero attached hydrogens (tertiary/aromatic N) is 3. The molecule has 0 spiro atoms. The summed E-state index contributed by atoms with van der Waals surface area (Å²) in [5.41, 5.74) is 19.9. The third-order valence-electron chi connectivity index (χ3n) is 13.8. The third kappa shape index (κ3) is 7.16. The zero-order chi connectivity index (χ0) is 45.7. The summed E-state index contributed by atoms with van der Waals surface area (Å²) in [6, 6.07) is 99.0. The first-order chi connectivity index (χ1) is 34.2. The van der Waals surface area contributed by atoms with Gasteiger partial charge in [-0.25, -0.2) is 0 Å². The third-order valence-corrected chi connectivity index (χ3v) is 13.8.